The van der Waals surface area contributed by atoms with Crippen LogP contribution in [0.3, 0.4) is 0 Å². The normalized spacial score (nSPS) is 11.5. The summed E-state index contributed by atoms with van der Waals surface area (Å²) in [4.78, 5) is 0. The third kappa shape index (κ3) is 2.41. The van der Waals surface area contributed by atoms with Gasteiger partial charge in [0.05, 0.1) is 0 Å². The Kier molecular flexibility index (Phi) is 3.06. The Balaban J connectivity index is 2.58. The van der Waals surface area contributed by atoms with Crippen molar-refractivity contribution in [3.8, 4) is 11.1 Å². The van der Waals surface area contributed by atoms with Gasteiger partial charge in [-0.05, 0) is 40.7 Å². The van der Waals surface area contributed by atoms with Gasteiger partial charge < -0.3 is 0 Å². The Morgan fingerprint density at radius 3 is 2.18 bits per heavy atom. The van der Waals surface area contributed by atoms with Gasteiger partial charge in [-0.15, -0.1) is 0 Å². The standard InChI is InChI=1S/C17H19/c1-13-15(14-9-6-5-7-10-14)11-8-12-16(13)17(2,3)4/h5-10,12H,1-4H3. The van der Waals surface area contributed by atoms with Gasteiger partial charge in [-0.25, -0.2) is 0 Å². The molecular formula is C17H19. The van der Waals surface area contributed by atoms with Crippen LogP contribution in [0.25, 0.3) is 11.1 Å². The molecule has 0 aliphatic rings. The largest absolute Gasteiger partial charge is 0.0622 e. The summed E-state index contributed by atoms with van der Waals surface area (Å²) < 4.78 is 0. The van der Waals surface area contributed by atoms with Gasteiger partial charge in [0.15, 0.2) is 0 Å². The summed E-state index contributed by atoms with van der Waals surface area (Å²) in [5, 5.41) is 0. The smallest absolute Gasteiger partial charge is 0.00729 e. The van der Waals surface area contributed by atoms with Crippen molar-refractivity contribution in [3.63, 3.8) is 0 Å². The summed E-state index contributed by atoms with van der Waals surface area (Å²) in [6.45, 7) is 8.96. The molecule has 87 valence electrons. The zero-order valence-corrected chi connectivity index (χ0v) is 11.0. The molecule has 0 saturated heterocycles. The summed E-state index contributed by atoms with van der Waals surface area (Å²) in [5.74, 6) is 0. The summed E-state index contributed by atoms with van der Waals surface area (Å²) >= 11 is 0. The van der Waals surface area contributed by atoms with E-state index in [9.17, 15) is 0 Å². The van der Waals surface area contributed by atoms with E-state index in [2.05, 4.69) is 64.1 Å². The fourth-order valence-corrected chi connectivity index (χ4v) is 2.29. The predicted octanol–water partition coefficient (Wildman–Crippen LogP) is 4.76. The van der Waals surface area contributed by atoms with Crippen molar-refractivity contribution in [3.05, 3.63) is 59.7 Å². The molecule has 0 bridgehead atoms. The summed E-state index contributed by atoms with van der Waals surface area (Å²) in [6, 6.07) is 18.1. The molecule has 0 aromatic heterocycles. The minimum absolute atomic E-state index is 0.183. The number of hydrogen-bond donors (Lipinski definition) is 0. The molecule has 0 heteroatoms. The van der Waals surface area contributed by atoms with Crippen LogP contribution in [0, 0.1) is 13.0 Å². The van der Waals surface area contributed by atoms with Crippen LogP contribution in [0.1, 0.15) is 31.9 Å². The van der Waals surface area contributed by atoms with Crippen LogP contribution in [0.2, 0.25) is 0 Å². The monoisotopic (exact) mass is 223 g/mol. The SMILES string of the molecule is Cc1c(-c2ccccc2)[c]ccc1C(C)(C)C. The lowest BCUT2D eigenvalue weighted by molar-refractivity contribution is 0.586. The van der Waals surface area contributed by atoms with Crippen molar-refractivity contribution in [1.82, 2.24) is 0 Å². The highest BCUT2D eigenvalue weighted by Gasteiger charge is 2.17. The molecule has 2 rings (SSSR count). The molecular weight excluding hydrogens is 204 g/mol. The Bertz CT molecular complexity index is 501. The first-order valence-corrected chi connectivity index (χ1v) is 6.07. The van der Waals surface area contributed by atoms with Gasteiger partial charge in [0.2, 0.25) is 0 Å². The molecule has 0 heterocycles. The summed E-state index contributed by atoms with van der Waals surface area (Å²) in [6.07, 6.45) is 0. The van der Waals surface area contributed by atoms with Gasteiger partial charge >= 0.3 is 0 Å². The average molecular weight is 223 g/mol. The zero-order valence-electron chi connectivity index (χ0n) is 11.0. The van der Waals surface area contributed by atoms with E-state index in [4.69, 9.17) is 0 Å². The minimum atomic E-state index is 0.183. The van der Waals surface area contributed by atoms with E-state index < -0.39 is 0 Å². The summed E-state index contributed by atoms with van der Waals surface area (Å²) in [7, 11) is 0. The molecule has 0 unspecified atom stereocenters. The van der Waals surface area contributed by atoms with Crippen LogP contribution >= 0.6 is 0 Å². The molecule has 0 aliphatic carbocycles. The first-order chi connectivity index (χ1) is 8.00. The third-order valence-electron chi connectivity index (χ3n) is 3.13. The Hall–Kier alpha value is -1.56. The molecule has 17 heavy (non-hydrogen) atoms. The molecule has 2 aromatic carbocycles. The second-order valence-electron chi connectivity index (χ2n) is 5.51. The van der Waals surface area contributed by atoms with E-state index in [0.29, 0.717) is 0 Å². The Morgan fingerprint density at radius 2 is 1.59 bits per heavy atom. The van der Waals surface area contributed by atoms with Crippen LogP contribution in [-0.4, -0.2) is 0 Å². The Morgan fingerprint density at radius 1 is 0.941 bits per heavy atom. The molecule has 2 aromatic rings. The molecule has 0 fully saturated rings. The van der Waals surface area contributed by atoms with Crippen LogP contribution < -0.4 is 0 Å². The first-order valence-electron chi connectivity index (χ1n) is 6.07. The highest BCUT2D eigenvalue weighted by atomic mass is 14.2. The second kappa shape index (κ2) is 4.37. The number of benzene rings is 2. The van der Waals surface area contributed by atoms with Gasteiger partial charge in [0.1, 0.15) is 0 Å². The van der Waals surface area contributed by atoms with Gasteiger partial charge in [0, 0.05) is 0 Å². The first kappa shape index (κ1) is 11.9. The zero-order chi connectivity index (χ0) is 12.5. The van der Waals surface area contributed by atoms with E-state index in [-0.39, 0.29) is 5.41 Å². The molecule has 0 nitrogen and oxygen atoms in total. The maximum Gasteiger partial charge on any atom is -0.00729 e. The third-order valence-corrected chi connectivity index (χ3v) is 3.13. The predicted molar refractivity (Wildman–Crippen MR) is 74.2 cm³/mol. The van der Waals surface area contributed by atoms with E-state index >= 15 is 0 Å². The average Bonchev–Trinajstić information content (AvgIpc) is 2.29. The van der Waals surface area contributed by atoms with Gasteiger partial charge in [-0.2, -0.15) is 0 Å². The fourth-order valence-electron chi connectivity index (χ4n) is 2.29. The van der Waals surface area contributed by atoms with Crippen molar-refractivity contribution in [2.75, 3.05) is 0 Å². The molecule has 0 saturated carbocycles. The molecule has 0 aliphatic heterocycles. The van der Waals surface area contributed by atoms with Crippen molar-refractivity contribution < 1.29 is 0 Å². The van der Waals surface area contributed by atoms with Crippen LogP contribution in [0.15, 0.2) is 42.5 Å². The van der Waals surface area contributed by atoms with Gasteiger partial charge in [-0.3, -0.25) is 0 Å². The molecule has 0 N–H and O–H groups in total. The van der Waals surface area contributed by atoms with Crippen LogP contribution in [0.4, 0.5) is 0 Å². The van der Waals surface area contributed by atoms with E-state index in [1.807, 2.05) is 12.1 Å². The minimum Gasteiger partial charge on any atom is -0.0622 e. The number of rotatable bonds is 1. The van der Waals surface area contributed by atoms with Crippen LogP contribution in [0.5, 0.6) is 0 Å². The molecule has 1 radical (unpaired) electrons. The van der Waals surface area contributed by atoms with Crippen molar-refractivity contribution in [2.24, 2.45) is 0 Å². The molecule has 0 amide bonds. The maximum absolute atomic E-state index is 3.37. The van der Waals surface area contributed by atoms with E-state index in [1.54, 1.807) is 0 Å². The van der Waals surface area contributed by atoms with Crippen LogP contribution in [-0.2, 0) is 5.41 Å². The van der Waals surface area contributed by atoms with E-state index in [1.165, 1.54) is 22.3 Å². The second-order valence-corrected chi connectivity index (χ2v) is 5.51. The topological polar surface area (TPSA) is 0 Å². The summed E-state index contributed by atoms with van der Waals surface area (Å²) in [5.41, 5.74) is 5.39. The highest BCUT2D eigenvalue weighted by molar-refractivity contribution is 5.68. The van der Waals surface area contributed by atoms with Crippen molar-refractivity contribution in [1.29, 1.82) is 0 Å². The highest BCUT2D eigenvalue weighted by Crippen LogP contribution is 2.31. The number of hydrogen-bond acceptors (Lipinski definition) is 0. The van der Waals surface area contributed by atoms with E-state index in [0.717, 1.165) is 0 Å². The molecule has 0 atom stereocenters. The van der Waals surface area contributed by atoms with Gasteiger partial charge in [0.25, 0.3) is 0 Å². The fraction of sp³-hybridized carbons (Fsp3) is 0.294. The lowest BCUT2D eigenvalue weighted by Gasteiger charge is -2.23. The van der Waals surface area contributed by atoms with Gasteiger partial charge in [-0.1, -0.05) is 63.2 Å². The van der Waals surface area contributed by atoms with Crippen molar-refractivity contribution in [2.45, 2.75) is 33.1 Å². The quantitative estimate of drug-likeness (QED) is 0.654. The maximum atomic E-state index is 3.37. The lowest BCUT2D eigenvalue weighted by atomic mass is 9.81. The Labute approximate surface area is 104 Å². The van der Waals surface area contributed by atoms with Crippen molar-refractivity contribution >= 4 is 0 Å². The molecule has 0 spiro atoms. The lowest BCUT2D eigenvalue weighted by Crippen LogP contribution is -2.13.